The van der Waals surface area contributed by atoms with E-state index in [4.69, 9.17) is 11.6 Å². The molecule has 2 aliphatic heterocycles. The molecule has 0 saturated carbocycles. The SMILES string of the molecule is C[C@H]1CN2CCC[C@@H]2CN1Cc1ccccc1Cl. The fraction of sp³-hybridized carbons (Fsp3) is 0.600. The van der Waals surface area contributed by atoms with Gasteiger partial charge in [0.05, 0.1) is 0 Å². The summed E-state index contributed by atoms with van der Waals surface area (Å²) in [5, 5.41) is 0.901. The lowest BCUT2D eigenvalue weighted by Gasteiger charge is -2.42. The van der Waals surface area contributed by atoms with E-state index in [9.17, 15) is 0 Å². The third-order valence-electron chi connectivity index (χ3n) is 4.40. The second-order valence-corrected chi connectivity index (χ2v) is 6.07. The van der Waals surface area contributed by atoms with Crippen molar-refractivity contribution in [3.63, 3.8) is 0 Å². The van der Waals surface area contributed by atoms with Crippen LogP contribution in [0.3, 0.4) is 0 Å². The van der Waals surface area contributed by atoms with Crippen molar-refractivity contribution in [3.8, 4) is 0 Å². The van der Waals surface area contributed by atoms with Crippen LogP contribution in [0.2, 0.25) is 5.02 Å². The van der Waals surface area contributed by atoms with Gasteiger partial charge >= 0.3 is 0 Å². The summed E-state index contributed by atoms with van der Waals surface area (Å²) < 4.78 is 0. The Morgan fingerprint density at radius 3 is 2.94 bits per heavy atom. The molecule has 2 heterocycles. The van der Waals surface area contributed by atoms with Crippen LogP contribution in [0.1, 0.15) is 25.3 Å². The molecular weight excluding hydrogens is 244 g/mol. The number of piperazine rings is 1. The van der Waals surface area contributed by atoms with Gasteiger partial charge in [0.1, 0.15) is 0 Å². The lowest BCUT2D eigenvalue weighted by molar-refractivity contribution is 0.0540. The van der Waals surface area contributed by atoms with Crippen LogP contribution in [0.25, 0.3) is 0 Å². The van der Waals surface area contributed by atoms with Gasteiger partial charge in [0.2, 0.25) is 0 Å². The number of hydrogen-bond donors (Lipinski definition) is 0. The predicted octanol–water partition coefficient (Wildman–Crippen LogP) is 3.01. The lowest BCUT2D eigenvalue weighted by atomic mass is 10.1. The number of halogens is 1. The van der Waals surface area contributed by atoms with Crippen molar-refractivity contribution < 1.29 is 0 Å². The van der Waals surface area contributed by atoms with E-state index in [2.05, 4.69) is 28.9 Å². The summed E-state index contributed by atoms with van der Waals surface area (Å²) in [5.41, 5.74) is 1.26. The molecule has 2 fully saturated rings. The van der Waals surface area contributed by atoms with E-state index >= 15 is 0 Å². The Kier molecular flexibility index (Phi) is 3.60. The first-order chi connectivity index (χ1) is 8.74. The highest BCUT2D eigenvalue weighted by atomic mass is 35.5. The molecule has 0 unspecified atom stereocenters. The lowest BCUT2D eigenvalue weighted by Crippen LogP contribution is -2.54. The quantitative estimate of drug-likeness (QED) is 0.810. The van der Waals surface area contributed by atoms with E-state index in [1.165, 1.54) is 38.0 Å². The zero-order valence-corrected chi connectivity index (χ0v) is 11.7. The zero-order chi connectivity index (χ0) is 12.5. The normalized spacial score (nSPS) is 29.4. The second-order valence-electron chi connectivity index (χ2n) is 5.66. The molecule has 2 aliphatic rings. The Hall–Kier alpha value is -0.570. The number of benzene rings is 1. The number of rotatable bonds is 2. The van der Waals surface area contributed by atoms with Gasteiger partial charge in [0, 0.05) is 36.7 Å². The Bertz CT molecular complexity index is 421. The van der Waals surface area contributed by atoms with Crippen LogP contribution in [0.5, 0.6) is 0 Å². The summed E-state index contributed by atoms with van der Waals surface area (Å²) in [6, 6.07) is 9.64. The van der Waals surface area contributed by atoms with Crippen molar-refractivity contribution in [2.24, 2.45) is 0 Å². The maximum Gasteiger partial charge on any atom is 0.0451 e. The van der Waals surface area contributed by atoms with Gasteiger partial charge in [-0.2, -0.15) is 0 Å². The van der Waals surface area contributed by atoms with Gasteiger partial charge in [-0.15, -0.1) is 0 Å². The molecule has 0 bridgehead atoms. The average molecular weight is 265 g/mol. The standard InChI is InChI=1S/C15H21ClN2/c1-12-9-17-8-4-6-14(17)11-18(12)10-13-5-2-3-7-15(13)16/h2-3,5,7,12,14H,4,6,8-11H2,1H3/t12-,14+/m0/s1. The maximum absolute atomic E-state index is 6.27. The largest absolute Gasteiger partial charge is 0.298 e. The molecule has 2 atom stereocenters. The molecule has 0 aromatic heterocycles. The van der Waals surface area contributed by atoms with Crippen LogP contribution in [-0.4, -0.2) is 41.5 Å². The van der Waals surface area contributed by atoms with E-state index in [-0.39, 0.29) is 0 Å². The summed E-state index contributed by atoms with van der Waals surface area (Å²) >= 11 is 6.27. The van der Waals surface area contributed by atoms with Gasteiger partial charge in [-0.05, 0) is 37.9 Å². The van der Waals surface area contributed by atoms with Crippen LogP contribution < -0.4 is 0 Å². The van der Waals surface area contributed by atoms with Crippen LogP contribution in [0, 0.1) is 0 Å². The van der Waals surface area contributed by atoms with Gasteiger partial charge < -0.3 is 0 Å². The van der Waals surface area contributed by atoms with Gasteiger partial charge in [-0.25, -0.2) is 0 Å². The Morgan fingerprint density at radius 1 is 1.28 bits per heavy atom. The minimum Gasteiger partial charge on any atom is -0.298 e. The van der Waals surface area contributed by atoms with Crippen molar-refractivity contribution in [1.29, 1.82) is 0 Å². The van der Waals surface area contributed by atoms with Crippen molar-refractivity contribution in [2.75, 3.05) is 19.6 Å². The summed E-state index contributed by atoms with van der Waals surface area (Å²) in [5.74, 6) is 0. The summed E-state index contributed by atoms with van der Waals surface area (Å²) in [6.45, 7) is 7.05. The highest BCUT2D eigenvalue weighted by Crippen LogP contribution is 2.27. The minimum absolute atomic E-state index is 0.635. The van der Waals surface area contributed by atoms with Crippen molar-refractivity contribution >= 4 is 11.6 Å². The third kappa shape index (κ3) is 2.42. The molecule has 3 rings (SSSR count). The second kappa shape index (κ2) is 5.20. The Balaban J connectivity index is 1.71. The first-order valence-electron chi connectivity index (χ1n) is 6.95. The van der Waals surface area contributed by atoms with Crippen molar-refractivity contribution in [3.05, 3.63) is 34.9 Å². The molecule has 0 spiro atoms. The topological polar surface area (TPSA) is 6.48 Å². The third-order valence-corrected chi connectivity index (χ3v) is 4.77. The van der Waals surface area contributed by atoms with E-state index in [0.29, 0.717) is 6.04 Å². The Labute approximate surface area is 115 Å². The number of nitrogens with zero attached hydrogens (tertiary/aromatic N) is 2. The van der Waals surface area contributed by atoms with Gasteiger partial charge in [-0.3, -0.25) is 9.80 Å². The highest BCUT2D eigenvalue weighted by Gasteiger charge is 2.34. The number of fused-ring (bicyclic) bond motifs is 1. The van der Waals surface area contributed by atoms with Gasteiger partial charge in [-0.1, -0.05) is 29.8 Å². The molecule has 3 heteroatoms. The van der Waals surface area contributed by atoms with E-state index in [1.54, 1.807) is 0 Å². The smallest absolute Gasteiger partial charge is 0.0451 e. The first kappa shape index (κ1) is 12.5. The predicted molar refractivity (Wildman–Crippen MR) is 75.9 cm³/mol. The van der Waals surface area contributed by atoms with Crippen LogP contribution in [-0.2, 0) is 6.54 Å². The fourth-order valence-corrected chi connectivity index (χ4v) is 3.51. The molecule has 98 valence electrons. The summed E-state index contributed by atoms with van der Waals surface area (Å²) in [7, 11) is 0. The molecule has 0 N–H and O–H groups in total. The minimum atomic E-state index is 0.635. The summed E-state index contributed by atoms with van der Waals surface area (Å²) in [4.78, 5) is 5.25. The van der Waals surface area contributed by atoms with E-state index < -0.39 is 0 Å². The summed E-state index contributed by atoms with van der Waals surface area (Å²) in [6.07, 6.45) is 2.74. The zero-order valence-electron chi connectivity index (χ0n) is 11.0. The molecule has 1 aromatic rings. The molecule has 0 radical (unpaired) electrons. The van der Waals surface area contributed by atoms with Crippen LogP contribution >= 0.6 is 11.6 Å². The van der Waals surface area contributed by atoms with E-state index in [0.717, 1.165) is 17.6 Å². The van der Waals surface area contributed by atoms with Gasteiger partial charge in [0.25, 0.3) is 0 Å². The molecule has 2 saturated heterocycles. The highest BCUT2D eigenvalue weighted by molar-refractivity contribution is 6.31. The van der Waals surface area contributed by atoms with Crippen LogP contribution in [0.15, 0.2) is 24.3 Å². The fourth-order valence-electron chi connectivity index (χ4n) is 3.31. The average Bonchev–Trinajstić information content (AvgIpc) is 2.79. The van der Waals surface area contributed by atoms with Gasteiger partial charge in [0.15, 0.2) is 0 Å². The number of hydrogen-bond acceptors (Lipinski definition) is 2. The molecule has 18 heavy (non-hydrogen) atoms. The monoisotopic (exact) mass is 264 g/mol. The molecule has 2 nitrogen and oxygen atoms in total. The molecule has 0 amide bonds. The van der Waals surface area contributed by atoms with Crippen molar-refractivity contribution in [2.45, 2.75) is 38.4 Å². The first-order valence-corrected chi connectivity index (χ1v) is 7.33. The van der Waals surface area contributed by atoms with Crippen LogP contribution in [0.4, 0.5) is 0 Å². The van der Waals surface area contributed by atoms with Crippen molar-refractivity contribution in [1.82, 2.24) is 9.80 Å². The van der Waals surface area contributed by atoms with E-state index in [1.807, 2.05) is 12.1 Å². The molecule has 1 aromatic carbocycles. The maximum atomic E-state index is 6.27. The molecular formula is C15H21ClN2. The Morgan fingerprint density at radius 2 is 2.11 bits per heavy atom. The molecule has 0 aliphatic carbocycles.